The molecule has 0 aliphatic carbocycles. The Morgan fingerprint density at radius 1 is 1.06 bits per heavy atom. The first-order chi connectivity index (χ1) is 8.75. The molecule has 0 saturated heterocycles. The Labute approximate surface area is 106 Å². The minimum absolute atomic E-state index is 0.286. The molecule has 0 radical (unpaired) electrons. The number of anilines is 1. The summed E-state index contributed by atoms with van der Waals surface area (Å²) in [5.41, 5.74) is 8.23. The highest BCUT2D eigenvalue weighted by Crippen LogP contribution is 2.14. The second-order valence-electron chi connectivity index (χ2n) is 4.13. The Balaban J connectivity index is 1.80. The Hall–Kier alpha value is -1.87. The van der Waals surface area contributed by atoms with Crippen LogP contribution in [0.5, 0.6) is 0 Å². The highest BCUT2D eigenvalue weighted by molar-refractivity contribution is 5.46. The van der Waals surface area contributed by atoms with Crippen LogP contribution in [0.2, 0.25) is 0 Å². The summed E-state index contributed by atoms with van der Waals surface area (Å²) in [7, 11) is 0. The van der Waals surface area contributed by atoms with Gasteiger partial charge in [-0.2, -0.15) is 0 Å². The zero-order valence-corrected chi connectivity index (χ0v) is 10.1. The molecule has 2 N–H and O–H groups in total. The van der Waals surface area contributed by atoms with Gasteiger partial charge < -0.3 is 10.5 Å². The monoisotopic (exact) mass is 245 g/mol. The van der Waals surface area contributed by atoms with E-state index in [0.717, 1.165) is 6.42 Å². The predicted octanol–water partition coefficient (Wildman–Crippen LogP) is 3.17. The summed E-state index contributed by atoms with van der Waals surface area (Å²) >= 11 is 0. The number of rotatable bonds is 5. The van der Waals surface area contributed by atoms with Gasteiger partial charge in [-0.05, 0) is 30.2 Å². The van der Waals surface area contributed by atoms with Crippen LogP contribution in [0.1, 0.15) is 11.1 Å². The summed E-state index contributed by atoms with van der Waals surface area (Å²) in [4.78, 5) is 0. The highest BCUT2D eigenvalue weighted by Gasteiger charge is 2.01. The largest absolute Gasteiger partial charge is 0.398 e. The number of hydrogen-bond acceptors (Lipinski definition) is 2. The molecule has 2 nitrogen and oxygen atoms in total. The van der Waals surface area contributed by atoms with Gasteiger partial charge in [-0.15, -0.1) is 0 Å². The van der Waals surface area contributed by atoms with Gasteiger partial charge in [0.05, 0.1) is 13.2 Å². The van der Waals surface area contributed by atoms with Crippen LogP contribution in [-0.4, -0.2) is 6.61 Å². The van der Waals surface area contributed by atoms with E-state index in [1.54, 1.807) is 6.07 Å². The van der Waals surface area contributed by atoms with E-state index < -0.39 is 0 Å². The molecule has 0 spiro atoms. The molecule has 0 unspecified atom stereocenters. The lowest BCUT2D eigenvalue weighted by Crippen LogP contribution is -2.02. The number of nitrogen functional groups attached to an aromatic ring is 1. The van der Waals surface area contributed by atoms with Crippen molar-refractivity contribution in [2.24, 2.45) is 0 Å². The van der Waals surface area contributed by atoms with Crippen LogP contribution >= 0.6 is 0 Å². The fourth-order valence-corrected chi connectivity index (χ4v) is 1.72. The van der Waals surface area contributed by atoms with Crippen molar-refractivity contribution in [3.05, 3.63) is 65.5 Å². The van der Waals surface area contributed by atoms with Crippen LogP contribution in [0.3, 0.4) is 0 Å². The molecule has 0 aromatic heterocycles. The minimum Gasteiger partial charge on any atom is -0.398 e. The number of halogens is 1. The van der Waals surface area contributed by atoms with Gasteiger partial charge in [0.1, 0.15) is 5.82 Å². The Bertz CT molecular complexity index is 499. The van der Waals surface area contributed by atoms with Crippen molar-refractivity contribution in [2.45, 2.75) is 13.0 Å². The first-order valence-electron chi connectivity index (χ1n) is 5.91. The predicted molar refractivity (Wildman–Crippen MR) is 70.6 cm³/mol. The van der Waals surface area contributed by atoms with Crippen molar-refractivity contribution in [1.82, 2.24) is 0 Å². The van der Waals surface area contributed by atoms with Crippen molar-refractivity contribution in [2.75, 3.05) is 12.3 Å². The van der Waals surface area contributed by atoms with Crippen molar-refractivity contribution >= 4 is 5.69 Å². The molecule has 0 aliphatic rings. The minimum atomic E-state index is -0.286. The number of benzene rings is 2. The molecule has 0 amide bonds. The topological polar surface area (TPSA) is 35.2 Å². The molecule has 2 aromatic carbocycles. The summed E-state index contributed by atoms with van der Waals surface area (Å²) in [6.45, 7) is 0.941. The van der Waals surface area contributed by atoms with Crippen LogP contribution in [0.15, 0.2) is 48.5 Å². The van der Waals surface area contributed by atoms with Gasteiger partial charge in [0.25, 0.3) is 0 Å². The van der Waals surface area contributed by atoms with E-state index in [4.69, 9.17) is 10.5 Å². The van der Waals surface area contributed by atoms with Gasteiger partial charge in [-0.3, -0.25) is 0 Å². The van der Waals surface area contributed by atoms with E-state index in [1.807, 2.05) is 18.2 Å². The third kappa shape index (κ3) is 3.57. The van der Waals surface area contributed by atoms with E-state index in [9.17, 15) is 4.39 Å². The summed E-state index contributed by atoms with van der Waals surface area (Å²) in [5, 5.41) is 0. The maximum Gasteiger partial charge on any atom is 0.123 e. The molecule has 2 rings (SSSR count). The van der Waals surface area contributed by atoms with Crippen LogP contribution in [0.25, 0.3) is 0 Å². The Kier molecular flexibility index (Phi) is 4.31. The molecular formula is C15H16FNO. The fraction of sp³-hybridized carbons (Fsp3) is 0.200. The quantitative estimate of drug-likeness (QED) is 0.648. The Morgan fingerprint density at radius 3 is 2.61 bits per heavy atom. The Morgan fingerprint density at radius 2 is 1.83 bits per heavy atom. The normalized spacial score (nSPS) is 10.5. The molecule has 0 atom stereocenters. The van der Waals surface area contributed by atoms with Crippen LogP contribution in [0, 0.1) is 5.82 Å². The second kappa shape index (κ2) is 6.17. The van der Waals surface area contributed by atoms with Crippen molar-refractivity contribution in [1.29, 1.82) is 0 Å². The molecule has 0 saturated carbocycles. The lowest BCUT2D eigenvalue weighted by Gasteiger charge is -2.07. The van der Waals surface area contributed by atoms with Crippen molar-refractivity contribution < 1.29 is 9.13 Å². The number of hydrogen-bond donors (Lipinski definition) is 1. The molecule has 18 heavy (non-hydrogen) atoms. The van der Waals surface area contributed by atoms with Gasteiger partial charge in [0, 0.05) is 11.3 Å². The summed E-state index contributed by atoms with van der Waals surface area (Å²) in [6.07, 6.45) is 0.843. The molecule has 0 bridgehead atoms. The lowest BCUT2D eigenvalue weighted by molar-refractivity contribution is 0.124. The second-order valence-corrected chi connectivity index (χ2v) is 4.13. The number of nitrogens with two attached hydrogens (primary N) is 1. The van der Waals surface area contributed by atoms with Crippen molar-refractivity contribution in [3.8, 4) is 0 Å². The molecule has 3 heteroatoms. The summed E-state index contributed by atoms with van der Waals surface area (Å²) in [5.74, 6) is -0.286. The first-order valence-corrected chi connectivity index (χ1v) is 5.91. The highest BCUT2D eigenvalue weighted by atomic mass is 19.1. The molecule has 2 aromatic rings. The SMILES string of the molecule is Nc1ccc(F)cc1COCCc1ccccc1. The smallest absolute Gasteiger partial charge is 0.123 e. The van der Waals surface area contributed by atoms with E-state index in [0.29, 0.717) is 24.5 Å². The van der Waals surface area contributed by atoms with E-state index >= 15 is 0 Å². The van der Waals surface area contributed by atoms with Crippen LogP contribution < -0.4 is 5.73 Å². The summed E-state index contributed by atoms with van der Waals surface area (Å²) < 4.78 is 18.5. The summed E-state index contributed by atoms with van der Waals surface area (Å²) in [6, 6.07) is 14.4. The zero-order chi connectivity index (χ0) is 12.8. The van der Waals surface area contributed by atoms with E-state index in [2.05, 4.69) is 12.1 Å². The van der Waals surface area contributed by atoms with E-state index in [1.165, 1.54) is 17.7 Å². The zero-order valence-electron chi connectivity index (χ0n) is 10.1. The molecule has 0 heterocycles. The fourth-order valence-electron chi connectivity index (χ4n) is 1.72. The third-order valence-corrected chi connectivity index (χ3v) is 2.74. The van der Waals surface area contributed by atoms with Crippen LogP contribution in [-0.2, 0) is 17.8 Å². The molecular weight excluding hydrogens is 229 g/mol. The van der Waals surface area contributed by atoms with Gasteiger partial charge in [-0.1, -0.05) is 30.3 Å². The van der Waals surface area contributed by atoms with Crippen molar-refractivity contribution in [3.63, 3.8) is 0 Å². The third-order valence-electron chi connectivity index (χ3n) is 2.74. The van der Waals surface area contributed by atoms with E-state index in [-0.39, 0.29) is 5.82 Å². The van der Waals surface area contributed by atoms with Gasteiger partial charge in [0.2, 0.25) is 0 Å². The average Bonchev–Trinajstić information content (AvgIpc) is 2.40. The number of ether oxygens (including phenoxy) is 1. The maximum atomic E-state index is 13.0. The molecule has 0 fully saturated rings. The van der Waals surface area contributed by atoms with Gasteiger partial charge >= 0.3 is 0 Å². The maximum absolute atomic E-state index is 13.0. The molecule has 0 aliphatic heterocycles. The standard InChI is InChI=1S/C15H16FNO/c16-14-6-7-15(17)13(10-14)11-18-9-8-12-4-2-1-3-5-12/h1-7,10H,8-9,11,17H2. The van der Waals surface area contributed by atoms with Gasteiger partial charge in [0.15, 0.2) is 0 Å². The van der Waals surface area contributed by atoms with Gasteiger partial charge in [-0.25, -0.2) is 4.39 Å². The average molecular weight is 245 g/mol. The first kappa shape index (κ1) is 12.6. The lowest BCUT2D eigenvalue weighted by atomic mass is 10.1. The van der Waals surface area contributed by atoms with Crippen LogP contribution in [0.4, 0.5) is 10.1 Å². The molecule has 94 valence electrons.